The van der Waals surface area contributed by atoms with Gasteiger partial charge in [-0.15, -0.1) is 0 Å². The predicted octanol–water partition coefficient (Wildman–Crippen LogP) is 4.28. The fraction of sp³-hybridized carbons (Fsp3) is 0.462. The van der Waals surface area contributed by atoms with Crippen LogP contribution in [-0.4, -0.2) is 50.3 Å². The summed E-state index contributed by atoms with van der Waals surface area (Å²) in [6, 6.07) is 12.6. The number of nitrogens with one attached hydrogen (secondary N) is 1. The maximum atomic E-state index is 9.87. The highest BCUT2D eigenvalue weighted by Crippen LogP contribution is 2.42. The zero-order valence-corrected chi connectivity index (χ0v) is 19.1. The van der Waals surface area contributed by atoms with Crippen molar-refractivity contribution in [2.75, 3.05) is 11.9 Å². The molecule has 2 fully saturated rings. The van der Waals surface area contributed by atoms with Crippen LogP contribution in [0.5, 0.6) is 0 Å². The van der Waals surface area contributed by atoms with Crippen molar-refractivity contribution in [3.63, 3.8) is 0 Å². The van der Waals surface area contributed by atoms with E-state index >= 15 is 0 Å². The third-order valence-corrected chi connectivity index (χ3v) is 7.08. The van der Waals surface area contributed by atoms with Gasteiger partial charge in [0.05, 0.1) is 17.8 Å². The molecular weight excluding hydrogens is 416 g/mol. The van der Waals surface area contributed by atoms with Gasteiger partial charge in [0.15, 0.2) is 11.4 Å². The molecule has 0 bridgehead atoms. The number of nitrogens with zero attached hydrogens (tertiary/aromatic N) is 3. The summed E-state index contributed by atoms with van der Waals surface area (Å²) in [7, 11) is 0. The molecule has 4 unspecified atom stereocenters. The Labute approximate surface area is 193 Å². The van der Waals surface area contributed by atoms with Crippen molar-refractivity contribution in [1.82, 2.24) is 14.6 Å². The quantitative estimate of drug-likeness (QED) is 0.609. The summed E-state index contributed by atoms with van der Waals surface area (Å²) in [6.07, 6.45) is 8.23. The van der Waals surface area contributed by atoms with Crippen molar-refractivity contribution in [2.45, 2.75) is 63.6 Å². The van der Waals surface area contributed by atoms with Gasteiger partial charge in [-0.25, -0.2) is 4.98 Å². The van der Waals surface area contributed by atoms with E-state index < -0.39 is 5.79 Å². The third kappa shape index (κ3) is 3.74. The number of benzene rings is 1. The Kier molecular flexibility index (Phi) is 5.01. The molecule has 2 N–H and O–H groups in total. The van der Waals surface area contributed by atoms with Gasteiger partial charge in [0.25, 0.3) is 0 Å². The number of hydrogen-bond donors (Lipinski definition) is 2. The van der Waals surface area contributed by atoms with Crippen LogP contribution in [0.1, 0.15) is 45.1 Å². The fourth-order valence-corrected chi connectivity index (χ4v) is 5.55. The van der Waals surface area contributed by atoms with Gasteiger partial charge < -0.3 is 19.9 Å². The fourth-order valence-electron chi connectivity index (χ4n) is 5.55. The Morgan fingerprint density at radius 1 is 1.15 bits per heavy atom. The van der Waals surface area contributed by atoms with Gasteiger partial charge in [-0.2, -0.15) is 9.61 Å². The van der Waals surface area contributed by atoms with E-state index in [1.165, 1.54) is 24.0 Å². The van der Waals surface area contributed by atoms with Crippen molar-refractivity contribution in [1.29, 1.82) is 0 Å². The molecule has 3 aliphatic rings. The average molecular weight is 447 g/mol. The van der Waals surface area contributed by atoms with E-state index in [0.29, 0.717) is 0 Å². The standard InChI is InChI=1S/C26H30N4O3/c1-26(2)32-24-19(15-31)13-21(25(24)33-26)28-22-10-11-27-23-14-20(29-30(22)23)18-9-5-8-17(12-18)16-6-3-4-7-16/h5-6,8-12,14,19,21,24-25,28,31H,3-4,7,13,15H2,1-2H3. The predicted molar refractivity (Wildman–Crippen MR) is 127 cm³/mol. The molecule has 0 amide bonds. The zero-order chi connectivity index (χ0) is 22.6. The molecule has 7 heteroatoms. The van der Waals surface area contributed by atoms with E-state index in [9.17, 15) is 5.11 Å². The Bertz CT molecular complexity index is 1220. The number of fused-ring (bicyclic) bond motifs is 2. The van der Waals surface area contributed by atoms with E-state index in [4.69, 9.17) is 14.6 Å². The summed E-state index contributed by atoms with van der Waals surface area (Å²) in [5.41, 5.74) is 5.49. The van der Waals surface area contributed by atoms with Crippen LogP contribution in [0.3, 0.4) is 0 Å². The largest absolute Gasteiger partial charge is 0.396 e. The van der Waals surface area contributed by atoms with Crippen molar-refractivity contribution < 1.29 is 14.6 Å². The molecule has 33 heavy (non-hydrogen) atoms. The summed E-state index contributed by atoms with van der Waals surface area (Å²) >= 11 is 0. The molecule has 1 saturated carbocycles. The average Bonchev–Trinajstić information content (AvgIpc) is 3.58. The van der Waals surface area contributed by atoms with E-state index in [0.717, 1.165) is 35.6 Å². The third-order valence-electron chi connectivity index (χ3n) is 7.08. The first kappa shape index (κ1) is 20.8. The highest BCUT2D eigenvalue weighted by molar-refractivity contribution is 5.73. The lowest BCUT2D eigenvalue weighted by molar-refractivity contribution is -0.158. The second kappa shape index (κ2) is 7.94. The topological polar surface area (TPSA) is 80.9 Å². The molecule has 1 aromatic carbocycles. The smallest absolute Gasteiger partial charge is 0.163 e. The van der Waals surface area contributed by atoms with Crippen molar-refractivity contribution >= 4 is 17.0 Å². The van der Waals surface area contributed by atoms with Gasteiger partial charge in [0.1, 0.15) is 11.9 Å². The molecule has 2 aliphatic carbocycles. The monoisotopic (exact) mass is 446 g/mol. The normalized spacial score (nSPS) is 28.3. The molecule has 6 rings (SSSR count). The minimum atomic E-state index is -0.644. The number of hydrogen-bond acceptors (Lipinski definition) is 6. The second-order valence-corrected chi connectivity index (χ2v) is 9.83. The van der Waals surface area contributed by atoms with Crippen molar-refractivity contribution in [2.24, 2.45) is 5.92 Å². The number of aliphatic hydroxyl groups is 1. The second-order valence-electron chi connectivity index (χ2n) is 9.83. The van der Waals surface area contributed by atoms with Gasteiger partial charge in [0.2, 0.25) is 0 Å². The van der Waals surface area contributed by atoms with Crippen LogP contribution < -0.4 is 5.32 Å². The number of aliphatic hydroxyl groups excluding tert-OH is 1. The van der Waals surface area contributed by atoms with Crippen LogP contribution in [0.2, 0.25) is 0 Å². The summed E-state index contributed by atoms with van der Waals surface area (Å²) in [5, 5.41) is 18.4. The van der Waals surface area contributed by atoms with Gasteiger partial charge in [-0.3, -0.25) is 0 Å². The molecule has 0 radical (unpaired) electrons. The Hall–Kier alpha value is -2.74. The van der Waals surface area contributed by atoms with E-state index in [1.54, 1.807) is 6.20 Å². The SMILES string of the molecule is CC1(C)OC2C(CO)CC(Nc3ccnc4cc(-c5cccc(C6=CCCC6)c5)nn34)C2O1. The highest BCUT2D eigenvalue weighted by atomic mass is 16.8. The van der Waals surface area contributed by atoms with Crippen molar-refractivity contribution in [3.05, 3.63) is 54.2 Å². The Balaban J connectivity index is 1.30. The lowest BCUT2D eigenvalue weighted by atomic mass is 10.0. The van der Waals surface area contributed by atoms with Gasteiger partial charge in [-0.1, -0.05) is 24.3 Å². The lowest BCUT2D eigenvalue weighted by Crippen LogP contribution is -2.35. The number of allylic oxidation sites excluding steroid dienone is 2. The van der Waals surface area contributed by atoms with Crippen LogP contribution in [0.4, 0.5) is 5.82 Å². The van der Waals surface area contributed by atoms with Crippen molar-refractivity contribution in [3.8, 4) is 11.3 Å². The summed E-state index contributed by atoms with van der Waals surface area (Å²) in [6.45, 7) is 3.94. The number of rotatable bonds is 5. The Morgan fingerprint density at radius 2 is 2.00 bits per heavy atom. The highest BCUT2D eigenvalue weighted by Gasteiger charge is 2.53. The number of ether oxygens (including phenoxy) is 2. The molecule has 1 aliphatic heterocycles. The minimum absolute atomic E-state index is 0.0183. The maximum Gasteiger partial charge on any atom is 0.163 e. The van der Waals surface area contributed by atoms with E-state index in [-0.39, 0.29) is 30.8 Å². The van der Waals surface area contributed by atoms with Crippen LogP contribution in [0, 0.1) is 5.92 Å². The first-order chi connectivity index (χ1) is 16.0. The minimum Gasteiger partial charge on any atom is -0.396 e. The van der Waals surface area contributed by atoms with Crippen LogP contribution >= 0.6 is 0 Å². The molecule has 0 spiro atoms. The summed E-state index contributed by atoms with van der Waals surface area (Å²) in [4.78, 5) is 4.54. The molecule has 1 saturated heterocycles. The van der Waals surface area contributed by atoms with E-state index in [1.807, 2.05) is 30.5 Å². The number of aromatic nitrogens is 3. The molecule has 3 aromatic rings. The summed E-state index contributed by atoms with van der Waals surface area (Å²) in [5.74, 6) is 0.263. The summed E-state index contributed by atoms with van der Waals surface area (Å²) < 4.78 is 14.1. The first-order valence-corrected chi connectivity index (χ1v) is 11.9. The van der Waals surface area contributed by atoms with Crippen LogP contribution in [0.15, 0.2) is 48.7 Å². The van der Waals surface area contributed by atoms with Crippen LogP contribution in [-0.2, 0) is 9.47 Å². The molecule has 3 heterocycles. The zero-order valence-electron chi connectivity index (χ0n) is 19.1. The van der Waals surface area contributed by atoms with Gasteiger partial charge >= 0.3 is 0 Å². The van der Waals surface area contributed by atoms with E-state index in [2.05, 4.69) is 40.6 Å². The maximum absolute atomic E-state index is 9.87. The first-order valence-electron chi connectivity index (χ1n) is 11.9. The molecule has 7 nitrogen and oxygen atoms in total. The molecule has 4 atom stereocenters. The van der Waals surface area contributed by atoms with Gasteiger partial charge in [0, 0.05) is 30.4 Å². The van der Waals surface area contributed by atoms with Crippen LogP contribution in [0.25, 0.3) is 22.5 Å². The molecule has 172 valence electrons. The lowest BCUT2D eigenvalue weighted by Gasteiger charge is -2.24. The number of anilines is 1. The van der Waals surface area contributed by atoms with Gasteiger partial charge in [-0.05, 0) is 62.8 Å². The Morgan fingerprint density at radius 3 is 2.82 bits per heavy atom. The molecular formula is C26H30N4O3. The molecule has 2 aromatic heterocycles.